The number of carbonyl (C=O) groups is 1. The van der Waals surface area contributed by atoms with Gasteiger partial charge in [-0.05, 0) is 0 Å². The molecular weight excluding hydrogens is 163 g/mol. The van der Waals surface area contributed by atoms with Crippen molar-refractivity contribution < 1.29 is 9.90 Å². The summed E-state index contributed by atoms with van der Waals surface area (Å²) in [7, 11) is 0. The Morgan fingerprint density at radius 3 is 2.40 bits per heavy atom. The van der Waals surface area contributed by atoms with Gasteiger partial charge in [0.15, 0.2) is 0 Å². The molecule has 0 radical (unpaired) electrons. The van der Waals surface area contributed by atoms with Crippen molar-refractivity contribution in [3.8, 4) is 0 Å². The minimum atomic E-state index is -0.250. The maximum Gasteiger partial charge on any atom is 0.290 e. The number of rotatable bonds is 0. The molecule has 10 heavy (non-hydrogen) atoms. The summed E-state index contributed by atoms with van der Waals surface area (Å²) in [5, 5.41) is 10.7. The minimum Gasteiger partial charge on any atom is -0.483 e. The molecule has 0 unspecified atom stereocenters. The van der Waals surface area contributed by atoms with Gasteiger partial charge < -0.3 is 5.11 Å². The van der Waals surface area contributed by atoms with Crippen molar-refractivity contribution in [1.82, 2.24) is 9.59 Å². The third-order valence-corrected chi connectivity index (χ3v) is 2.88. The second kappa shape index (κ2) is 5.79. The molecule has 0 saturated heterocycles. The number of hydrogen-bond acceptors (Lipinski definition) is 4. The molecule has 6 heteroatoms. The van der Waals surface area contributed by atoms with E-state index in [1.807, 2.05) is 6.92 Å². The van der Waals surface area contributed by atoms with E-state index in [9.17, 15) is 0 Å². The van der Waals surface area contributed by atoms with Gasteiger partial charge in [-0.25, -0.2) is 0 Å². The fourth-order valence-electron chi connectivity index (χ4n) is 0.279. The van der Waals surface area contributed by atoms with Crippen molar-refractivity contribution in [3.05, 3.63) is 5.69 Å². The summed E-state index contributed by atoms with van der Waals surface area (Å²) in [4.78, 5) is 8.36. The summed E-state index contributed by atoms with van der Waals surface area (Å²) in [5.74, 6) is 0. The van der Waals surface area contributed by atoms with E-state index in [0.717, 1.165) is 33.6 Å². The van der Waals surface area contributed by atoms with Gasteiger partial charge in [-0.3, -0.25) is 4.79 Å². The van der Waals surface area contributed by atoms with Gasteiger partial charge in [0.25, 0.3) is 6.47 Å². The van der Waals surface area contributed by atoms with Crippen LogP contribution in [-0.4, -0.2) is 49.1 Å². The maximum absolute atomic E-state index is 8.36. The Kier molecular flexibility index (Phi) is 5.81. The van der Waals surface area contributed by atoms with Gasteiger partial charge in [0.2, 0.25) is 0 Å². The molecule has 0 atom stereocenters. The molecule has 0 fully saturated rings. The molecule has 0 aliphatic rings. The van der Waals surface area contributed by atoms with E-state index in [2.05, 4.69) is 9.59 Å². The van der Waals surface area contributed by atoms with Crippen LogP contribution in [0.2, 0.25) is 0 Å². The van der Waals surface area contributed by atoms with E-state index in [-0.39, 0.29) is 6.47 Å². The zero-order valence-electron chi connectivity index (χ0n) is 5.74. The Hall–Kier alpha value is 0.0300. The normalized spacial score (nSPS) is 7.90. The monoisotopic (exact) mass is 168 g/mol. The van der Waals surface area contributed by atoms with Crippen LogP contribution < -0.4 is 2.13 Å². The van der Waals surface area contributed by atoms with E-state index >= 15 is 0 Å². The molecule has 1 N–H and O–H groups in total. The van der Waals surface area contributed by atoms with Crippen LogP contribution in [0.15, 0.2) is 0 Å². The molecule has 0 bridgehead atoms. The van der Waals surface area contributed by atoms with E-state index in [1.165, 1.54) is 13.7 Å². The molecule has 0 amide bonds. The average molecular weight is 168 g/mol. The van der Waals surface area contributed by atoms with E-state index < -0.39 is 0 Å². The predicted octanol–water partition coefficient (Wildman–Crippen LogP) is -0.659. The summed E-state index contributed by atoms with van der Waals surface area (Å²) in [6.45, 7) is 1.74. The molecular formula is C4H5N2NaO2S. The zero-order chi connectivity index (χ0) is 7.98. The van der Waals surface area contributed by atoms with E-state index in [0.29, 0.717) is 0 Å². The van der Waals surface area contributed by atoms with Crippen LogP contribution in [0.3, 0.4) is 0 Å². The number of carboxylic acid groups (broad SMARTS) is 1. The molecule has 0 saturated carbocycles. The van der Waals surface area contributed by atoms with Crippen LogP contribution in [0.1, 0.15) is 5.69 Å². The minimum absolute atomic E-state index is 0.250. The fourth-order valence-corrected chi connectivity index (χ4v) is 1.08. The largest absolute Gasteiger partial charge is 0.483 e. The van der Waals surface area contributed by atoms with Gasteiger partial charge in [-0.2, -0.15) is 0 Å². The predicted molar refractivity (Wildman–Crippen MR) is 38.7 cm³/mol. The van der Waals surface area contributed by atoms with E-state index in [4.69, 9.17) is 9.90 Å². The summed E-state index contributed by atoms with van der Waals surface area (Å²) in [6, 6.07) is 0. The summed E-state index contributed by atoms with van der Waals surface area (Å²) < 4.78 is 5.09. The molecule has 1 rings (SSSR count). The molecule has 1 heterocycles. The Bertz CT molecular complexity index is 186. The van der Waals surface area contributed by atoms with Gasteiger partial charge in [0.1, 0.15) is 0 Å². The summed E-state index contributed by atoms with van der Waals surface area (Å²) in [5.41, 5.74) is 1.11. The van der Waals surface area contributed by atoms with Crippen molar-refractivity contribution >= 4 is 48.1 Å². The molecule has 0 aliphatic carbocycles. The molecule has 0 aliphatic heterocycles. The standard InChI is InChI=1S/C3H3N2S.CH2O2.Na/c1-3-2-6-5-4-3;2-1-3;/h1H3;1H,(H,2,3);. The van der Waals surface area contributed by atoms with Gasteiger partial charge in [0.05, 0.1) is 0 Å². The number of hydrogen-bond donors (Lipinski definition) is 1. The topological polar surface area (TPSA) is 63.1 Å². The fraction of sp³-hybridized carbons (Fsp3) is 0.250. The van der Waals surface area contributed by atoms with E-state index in [1.54, 1.807) is 0 Å². The van der Waals surface area contributed by atoms with Crippen LogP contribution in [0, 0.1) is 6.92 Å². The average Bonchev–Trinajstić information content (AvgIpc) is 2.19. The third kappa shape index (κ3) is 3.94. The van der Waals surface area contributed by atoms with Gasteiger partial charge >= 0.3 is 63.8 Å². The number of nitrogens with zero attached hydrogens (tertiary/aromatic N) is 2. The van der Waals surface area contributed by atoms with Crippen molar-refractivity contribution in [2.24, 2.45) is 0 Å². The van der Waals surface area contributed by atoms with Crippen LogP contribution >= 0.6 is 11.5 Å². The van der Waals surface area contributed by atoms with Crippen LogP contribution in [-0.2, 0) is 4.79 Å². The van der Waals surface area contributed by atoms with Crippen molar-refractivity contribution in [1.29, 1.82) is 0 Å². The van der Waals surface area contributed by atoms with Crippen LogP contribution in [0.5, 0.6) is 0 Å². The second-order valence-electron chi connectivity index (χ2n) is 1.52. The maximum atomic E-state index is 8.36. The summed E-state index contributed by atoms with van der Waals surface area (Å²) >= 11 is 2.60. The smallest absolute Gasteiger partial charge is 0.290 e. The first-order chi connectivity index (χ1) is 4.72. The number of aryl methyl sites for hydroxylation is 1. The molecule has 1 aromatic rings. The molecule has 1 aromatic heterocycles. The van der Waals surface area contributed by atoms with Crippen molar-refractivity contribution in [2.75, 3.05) is 0 Å². The van der Waals surface area contributed by atoms with Crippen LogP contribution in [0.25, 0.3) is 0 Å². The Labute approximate surface area is 79.8 Å². The third-order valence-electron chi connectivity index (χ3n) is 0.878. The first-order valence-corrected chi connectivity index (χ1v) is 4.33. The molecule has 50 valence electrons. The van der Waals surface area contributed by atoms with Gasteiger partial charge in [-0.1, -0.05) is 0 Å². The number of aromatic nitrogens is 2. The Balaban J connectivity index is 0.000000236. The second-order valence-corrected chi connectivity index (χ2v) is 4.20. The first-order valence-electron chi connectivity index (χ1n) is 2.55. The quantitative estimate of drug-likeness (QED) is 0.412. The SMILES string of the molecule is Cc1nns[c]1[Na].O=CO. The van der Waals surface area contributed by atoms with Gasteiger partial charge in [0, 0.05) is 0 Å². The van der Waals surface area contributed by atoms with Crippen molar-refractivity contribution in [3.63, 3.8) is 0 Å². The Morgan fingerprint density at radius 1 is 1.80 bits per heavy atom. The van der Waals surface area contributed by atoms with Crippen LogP contribution in [0.4, 0.5) is 0 Å². The molecule has 0 spiro atoms. The Morgan fingerprint density at radius 2 is 2.30 bits per heavy atom. The van der Waals surface area contributed by atoms with Gasteiger partial charge in [-0.15, -0.1) is 0 Å². The zero-order valence-corrected chi connectivity index (χ0v) is 8.55. The first kappa shape index (κ1) is 10.0. The molecule has 4 nitrogen and oxygen atoms in total. The molecule has 0 aromatic carbocycles. The summed E-state index contributed by atoms with van der Waals surface area (Å²) in [6.07, 6.45) is 0. The van der Waals surface area contributed by atoms with Crippen molar-refractivity contribution in [2.45, 2.75) is 6.92 Å².